The monoisotopic (exact) mass is 287 g/mol. The smallest absolute Gasteiger partial charge is 0.408 e. The number of nitrogens with zero attached hydrogens (tertiary/aromatic N) is 1. The number of β-lactam (4-membered cyclic amide) rings is 1. The Morgan fingerprint density at radius 1 is 1.50 bits per heavy atom. The number of carboxylic acids is 1. The van der Waals surface area contributed by atoms with Crippen LogP contribution in [0.3, 0.4) is 0 Å². The maximum absolute atomic E-state index is 11.5. The van der Waals surface area contributed by atoms with Crippen molar-refractivity contribution in [1.82, 2.24) is 10.6 Å². The Balaban J connectivity index is 2.38. The van der Waals surface area contributed by atoms with E-state index in [1.54, 1.807) is 20.8 Å². The van der Waals surface area contributed by atoms with Crippen LogP contribution in [0.5, 0.6) is 0 Å². The van der Waals surface area contributed by atoms with Gasteiger partial charge in [-0.1, -0.05) is 5.16 Å². The van der Waals surface area contributed by atoms with Gasteiger partial charge >= 0.3 is 12.1 Å². The topological polar surface area (TPSA) is 126 Å². The Bertz CT molecular complexity index is 428. The summed E-state index contributed by atoms with van der Waals surface area (Å²) in [7, 11) is 0. The normalized spacial score (nSPS) is 21.9. The lowest BCUT2D eigenvalue weighted by molar-refractivity contribution is -0.134. The Morgan fingerprint density at radius 3 is 2.65 bits per heavy atom. The summed E-state index contributed by atoms with van der Waals surface area (Å²) in [5.41, 5.74) is -0.665. The predicted molar refractivity (Wildman–Crippen MR) is 67.2 cm³/mol. The highest BCUT2D eigenvalue weighted by atomic mass is 16.6. The maximum Gasteiger partial charge on any atom is 0.408 e. The number of hydrogen-bond donors (Lipinski definition) is 3. The molecule has 1 aliphatic heterocycles. The number of carboxylic acid groups (broad SMARTS) is 1. The molecule has 2 atom stereocenters. The van der Waals surface area contributed by atoms with Crippen LogP contribution in [0.25, 0.3) is 0 Å². The number of alkyl carbamates (subject to hydrolysis) is 1. The van der Waals surface area contributed by atoms with Crippen molar-refractivity contribution in [2.45, 2.75) is 38.5 Å². The van der Waals surface area contributed by atoms with Crippen LogP contribution in [0.15, 0.2) is 5.16 Å². The molecule has 112 valence electrons. The van der Waals surface area contributed by atoms with Gasteiger partial charge < -0.3 is 25.3 Å². The van der Waals surface area contributed by atoms with Crippen LogP contribution in [-0.2, 0) is 19.2 Å². The number of ether oxygens (including phenoxy) is 1. The Kier molecular flexibility index (Phi) is 4.89. The first kappa shape index (κ1) is 15.7. The fourth-order valence-corrected chi connectivity index (χ4v) is 1.39. The van der Waals surface area contributed by atoms with Crippen LogP contribution < -0.4 is 10.6 Å². The third-order valence-electron chi connectivity index (χ3n) is 2.18. The summed E-state index contributed by atoms with van der Waals surface area (Å²) in [6.07, 6.45) is -0.132. The summed E-state index contributed by atoms with van der Waals surface area (Å²) in [6, 6.07) is -1.27. The molecule has 0 spiro atoms. The van der Waals surface area contributed by atoms with Crippen molar-refractivity contribution in [3.05, 3.63) is 0 Å². The fraction of sp³-hybridized carbons (Fsp3) is 0.636. The lowest BCUT2D eigenvalue weighted by atomic mass is 10.0. The summed E-state index contributed by atoms with van der Waals surface area (Å²) in [5.74, 6) is -1.61. The minimum atomic E-state index is -1.24. The zero-order valence-electron chi connectivity index (χ0n) is 11.4. The van der Waals surface area contributed by atoms with Gasteiger partial charge in [0.1, 0.15) is 18.2 Å². The molecule has 1 heterocycles. The van der Waals surface area contributed by atoms with Crippen LogP contribution in [0, 0.1) is 0 Å². The zero-order chi connectivity index (χ0) is 15.3. The first-order valence-electron chi connectivity index (χ1n) is 5.87. The van der Waals surface area contributed by atoms with Crippen molar-refractivity contribution >= 4 is 24.2 Å². The van der Waals surface area contributed by atoms with E-state index in [1.807, 2.05) is 0 Å². The Morgan fingerprint density at radius 2 is 2.15 bits per heavy atom. The van der Waals surface area contributed by atoms with Gasteiger partial charge in [0.05, 0.1) is 6.04 Å². The molecule has 9 nitrogen and oxygen atoms in total. The first-order valence-corrected chi connectivity index (χ1v) is 5.87. The second-order valence-electron chi connectivity index (χ2n) is 5.11. The van der Waals surface area contributed by atoms with Gasteiger partial charge in [0.2, 0.25) is 5.91 Å². The van der Waals surface area contributed by atoms with Crippen LogP contribution in [0.4, 0.5) is 4.79 Å². The van der Waals surface area contributed by atoms with E-state index >= 15 is 0 Å². The number of carbonyl (C=O) groups is 3. The van der Waals surface area contributed by atoms with Gasteiger partial charge in [-0.3, -0.25) is 4.79 Å². The van der Waals surface area contributed by atoms with E-state index in [4.69, 9.17) is 14.7 Å². The molecule has 1 fully saturated rings. The van der Waals surface area contributed by atoms with E-state index in [9.17, 15) is 14.4 Å². The summed E-state index contributed by atoms with van der Waals surface area (Å²) in [4.78, 5) is 37.7. The molecule has 0 bridgehead atoms. The minimum Gasteiger partial charge on any atom is -0.477 e. The molecule has 2 amide bonds. The number of hydrogen-bond acceptors (Lipinski definition) is 6. The van der Waals surface area contributed by atoms with Crippen LogP contribution >= 0.6 is 0 Å². The molecule has 9 heteroatoms. The number of aliphatic carboxylic acids is 1. The van der Waals surface area contributed by atoms with Gasteiger partial charge in [-0.25, -0.2) is 9.59 Å². The van der Waals surface area contributed by atoms with Crippen molar-refractivity contribution in [3.8, 4) is 0 Å². The largest absolute Gasteiger partial charge is 0.477 e. The quantitative estimate of drug-likeness (QED) is 0.354. The van der Waals surface area contributed by atoms with Gasteiger partial charge in [-0.15, -0.1) is 0 Å². The molecule has 0 saturated carbocycles. The fourth-order valence-electron chi connectivity index (χ4n) is 1.39. The second-order valence-corrected chi connectivity index (χ2v) is 5.11. The summed E-state index contributed by atoms with van der Waals surface area (Å²) in [5, 5.41) is 16.4. The Labute approximate surface area is 115 Å². The molecule has 0 aliphatic carbocycles. The number of nitrogens with one attached hydrogen (secondary N) is 2. The highest BCUT2D eigenvalue weighted by molar-refractivity contribution is 6.21. The molecule has 1 rings (SSSR count). The van der Waals surface area contributed by atoms with E-state index in [0.717, 1.165) is 0 Å². The molecule has 3 N–H and O–H groups in total. The van der Waals surface area contributed by atoms with Crippen molar-refractivity contribution in [1.29, 1.82) is 0 Å². The summed E-state index contributed by atoms with van der Waals surface area (Å²) >= 11 is 0. The lowest BCUT2D eigenvalue weighted by Gasteiger charge is -2.36. The molecule has 0 radical (unpaired) electrons. The SMILES string of the molecule is CC(C)(C)OC(=O)N[C@H]1C(=O)N[C@H]1CON=CC(=O)O. The average molecular weight is 287 g/mol. The van der Waals surface area contributed by atoms with E-state index in [1.165, 1.54) is 0 Å². The predicted octanol–water partition coefficient (Wildman–Crippen LogP) is -0.535. The number of oxime groups is 1. The summed E-state index contributed by atoms with van der Waals surface area (Å²) < 4.78 is 5.02. The van der Waals surface area contributed by atoms with E-state index in [0.29, 0.717) is 6.21 Å². The van der Waals surface area contributed by atoms with Gasteiger partial charge in [0.15, 0.2) is 6.21 Å². The van der Waals surface area contributed by atoms with Gasteiger partial charge in [-0.2, -0.15) is 0 Å². The molecule has 0 aromatic heterocycles. The van der Waals surface area contributed by atoms with Gasteiger partial charge in [0, 0.05) is 0 Å². The van der Waals surface area contributed by atoms with E-state index in [2.05, 4.69) is 15.8 Å². The van der Waals surface area contributed by atoms with E-state index in [-0.39, 0.29) is 12.5 Å². The standard InChI is InChI=1S/C11H17N3O6/c1-11(2,3)20-10(18)14-8-6(13-9(8)17)5-19-12-4-7(15)16/h4,6,8H,5H2,1-3H3,(H,13,17)(H,14,18)(H,15,16)/t6-,8+/m0/s1. The van der Waals surface area contributed by atoms with Crippen LogP contribution in [0.2, 0.25) is 0 Å². The number of carbonyl (C=O) groups excluding carboxylic acids is 2. The first-order chi connectivity index (χ1) is 9.19. The van der Waals surface area contributed by atoms with E-state index < -0.39 is 29.7 Å². The number of amides is 2. The van der Waals surface area contributed by atoms with Crippen molar-refractivity contribution in [3.63, 3.8) is 0 Å². The Hall–Kier alpha value is -2.32. The molecule has 0 aromatic rings. The van der Waals surface area contributed by atoms with Crippen molar-refractivity contribution < 1.29 is 29.1 Å². The lowest BCUT2D eigenvalue weighted by Crippen LogP contribution is -2.70. The van der Waals surface area contributed by atoms with Crippen molar-refractivity contribution in [2.75, 3.05) is 6.61 Å². The molecule has 0 aromatic carbocycles. The zero-order valence-corrected chi connectivity index (χ0v) is 11.4. The molecular formula is C11H17N3O6. The molecule has 0 unspecified atom stereocenters. The van der Waals surface area contributed by atoms with Crippen molar-refractivity contribution in [2.24, 2.45) is 5.16 Å². The maximum atomic E-state index is 11.5. The minimum absolute atomic E-state index is 0.0595. The van der Waals surface area contributed by atoms with Crippen LogP contribution in [0.1, 0.15) is 20.8 Å². The average Bonchev–Trinajstić information content (AvgIpc) is 2.27. The molecule has 1 saturated heterocycles. The third-order valence-corrected chi connectivity index (χ3v) is 2.18. The molecular weight excluding hydrogens is 270 g/mol. The summed E-state index contributed by atoms with van der Waals surface area (Å²) in [6.45, 7) is 5.05. The van der Waals surface area contributed by atoms with Gasteiger partial charge in [-0.05, 0) is 20.8 Å². The molecule has 20 heavy (non-hydrogen) atoms. The van der Waals surface area contributed by atoms with Crippen LogP contribution in [-0.4, -0.2) is 53.6 Å². The third kappa shape index (κ3) is 5.12. The molecule has 1 aliphatic rings. The van der Waals surface area contributed by atoms with Gasteiger partial charge in [0.25, 0.3) is 0 Å². The highest BCUT2D eigenvalue weighted by Crippen LogP contribution is 2.10. The second kappa shape index (κ2) is 6.22. The number of rotatable bonds is 5. The highest BCUT2D eigenvalue weighted by Gasteiger charge is 2.41.